The number of allylic oxidation sites excluding steroid dienone is 12. The van der Waals surface area contributed by atoms with Crippen molar-refractivity contribution in [3.05, 3.63) is 72.9 Å². The summed E-state index contributed by atoms with van der Waals surface area (Å²) >= 11 is 0. The second-order valence-electron chi connectivity index (χ2n) is 20.6. The molecule has 0 spiro atoms. The predicted molar refractivity (Wildman–Crippen MR) is 311 cm³/mol. The second-order valence-corrected chi connectivity index (χ2v) is 20.6. The number of carbonyl (C=O) groups is 3. The Morgan fingerprint density at radius 1 is 0.278 bits per heavy atom. The minimum absolute atomic E-state index is 0.0826. The lowest BCUT2D eigenvalue weighted by atomic mass is 10.0. The van der Waals surface area contributed by atoms with E-state index in [1.807, 2.05) is 0 Å². The number of esters is 3. The Kier molecular flexibility index (Phi) is 57.8. The highest BCUT2D eigenvalue weighted by Gasteiger charge is 2.19. The molecule has 0 bridgehead atoms. The van der Waals surface area contributed by atoms with Crippen LogP contribution in [0.3, 0.4) is 0 Å². The molecule has 0 amide bonds. The zero-order valence-corrected chi connectivity index (χ0v) is 47.7. The van der Waals surface area contributed by atoms with Gasteiger partial charge in [-0.2, -0.15) is 0 Å². The summed E-state index contributed by atoms with van der Waals surface area (Å²) in [7, 11) is 0. The molecule has 0 heterocycles. The Hall–Kier alpha value is -3.15. The first-order valence-corrected chi connectivity index (χ1v) is 30.9. The first-order chi connectivity index (χ1) is 35.5. The molecule has 6 nitrogen and oxygen atoms in total. The molecule has 0 aliphatic rings. The summed E-state index contributed by atoms with van der Waals surface area (Å²) < 4.78 is 16.9. The third-order valence-corrected chi connectivity index (χ3v) is 13.4. The van der Waals surface area contributed by atoms with Crippen LogP contribution in [-0.2, 0) is 28.6 Å². The van der Waals surface area contributed by atoms with Crippen LogP contribution in [0.15, 0.2) is 72.9 Å². The fourth-order valence-corrected chi connectivity index (χ4v) is 8.75. The zero-order chi connectivity index (χ0) is 52.2. The van der Waals surface area contributed by atoms with Crippen molar-refractivity contribution in [1.29, 1.82) is 0 Å². The van der Waals surface area contributed by atoms with Crippen LogP contribution in [0, 0.1) is 0 Å². The molecule has 0 radical (unpaired) electrons. The van der Waals surface area contributed by atoms with Gasteiger partial charge in [0, 0.05) is 19.3 Å². The van der Waals surface area contributed by atoms with Crippen LogP contribution in [0.4, 0.5) is 0 Å². The maximum absolute atomic E-state index is 12.9. The van der Waals surface area contributed by atoms with Gasteiger partial charge in [0.15, 0.2) is 6.10 Å². The predicted octanol–water partition coefficient (Wildman–Crippen LogP) is 20.9. The highest BCUT2D eigenvalue weighted by atomic mass is 16.6. The molecule has 72 heavy (non-hydrogen) atoms. The highest BCUT2D eigenvalue weighted by Crippen LogP contribution is 2.16. The summed E-state index contributed by atoms with van der Waals surface area (Å²) in [5.41, 5.74) is 0. The van der Waals surface area contributed by atoms with Crippen molar-refractivity contribution < 1.29 is 28.6 Å². The molecule has 0 aliphatic heterocycles. The highest BCUT2D eigenvalue weighted by molar-refractivity contribution is 5.71. The van der Waals surface area contributed by atoms with Crippen molar-refractivity contribution in [3.8, 4) is 0 Å². The van der Waals surface area contributed by atoms with Crippen LogP contribution < -0.4 is 0 Å². The average molecular weight is 1010 g/mol. The molecular weight excluding hydrogens is 889 g/mol. The van der Waals surface area contributed by atoms with Gasteiger partial charge in [-0.15, -0.1) is 0 Å². The van der Waals surface area contributed by atoms with Crippen molar-refractivity contribution in [3.63, 3.8) is 0 Å². The maximum Gasteiger partial charge on any atom is 0.306 e. The van der Waals surface area contributed by atoms with Gasteiger partial charge in [-0.1, -0.05) is 267 Å². The number of ether oxygens (including phenoxy) is 3. The third kappa shape index (κ3) is 57.7. The van der Waals surface area contributed by atoms with Gasteiger partial charge in [0.2, 0.25) is 0 Å². The summed E-state index contributed by atoms with van der Waals surface area (Å²) in [5, 5.41) is 0. The first kappa shape index (κ1) is 68.8. The molecule has 1 atom stereocenters. The number of hydrogen-bond donors (Lipinski definition) is 0. The van der Waals surface area contributed by atoms with E-state index in [1.165, 1.54) is 167 Å². The molecule has 0 saturated heterocycles. The van der Waals surface area contributed by atoms with Crippen molar-refractivity contribution in [2.75, 3.05) is 13.2 Å². The van der Waals surface area contributed by atoms with Gasteiger partial charge in [-0.05, 0) is 96.3 Å². The summed E-state index contributed by atoms with van der Waals surface area (Å²) in [6.45, 7) is 6.60. The van der Waals surface area contributed by atoms with Crippen molar-refractivity contribution in [1.82, 2.24) is 0 Å². The molecule has 0 saturated carbocycles. The lowest BCUT2D eigenvalue weighted by molar-refractivity contribution is -0.167. The molecule has 0 aromatic carbocycles. The van der Waals surface area contributed by atoms with E-state index < -0.39 is 6.10 Å². The quantitative estimate of drug-likeness (QED) is 0.0261. The van der Waals surface area contributed by atoms with E-state index in [2.05, 4.69) is 93.7 Å². The zero-order valence-electron chi connectivity index (χ0n) is 47.7. The Labute approximate surface area is 446 Å². The number of unbranched alkanes of at least 4 members (excludes halogenated alkanes) is 33. The van der Waals surface area contributed by atoms with Gasteiger partial charge in [-0.25, -0.2) is 0 Å². The molecule has 0 rings (SSSR count). The van der Waals surface area contributed by atoms with Crippen LogP contribution in [0.25, 0.3) is 0 Å². The molecule has 0 aliphatic carbocycles. The molecule has 0 aromatic heterocycles. The van der Waals surface area contributed by atoms with Gasteiger partial charge in [0.1, 0.15) is 13.2 Å². The number of hydrogen-bond acceptors (Lipinski definition) is 6. The monoisotopic (exact) mass is 1000 g/mol. The van der Waals surface area contributed by atoms with Crippen LogP contribution >= 0.6 is 0 Å². The van der Waals surface area contributed by atoms with E-state index in [4.69, 9.17) is 14.2 Å². The fraction of sp³-hybridized carbons (Fsp3) is 0.773. The Bertz CT molecular complexity index is 1340. The third-order valence-electron chi connectivity index (χ3n) is 13.4. The molecular formula is C66H116O6. The summed E-state index contributed by atoms with van der Waals surface area (Å²) in [6.07, 6.45) is 77.4. The fourth-order valence-electron chi connectivity index (χ4n) is 8.75. The molecule has 1 unspecified atom stereocenters. The normalized spacial score (nSPS) is 12.5. The summed E-state index contributed by atoms with van der Waals surface area (Å²) in [5.74, 6) is -0.894. The van der Waals surface area contributed by atoms with Gasteiger partial charge in [-0.3, -0.25) is 14.4 Å². The van der Waals surface area contributed by atoms with E-state index in [0.717, 1.165) is 103 Å². The van der Waals surface area contributed by atoms with Gasteiger partial charge >= 0.3 is 17.9 Å². The molecule has 416 valence electrons. The maximum atomic E-state index is 12.9. The van der Waals surface area contributed by atoms with Gasteiger partial charge < -0.3 is 14.2 Å². The van der Waals surface area contributed by atoms with E-state index >= 15 is 0 Å². The van der Waals surface area contributed by atoms with Gasteiger partial charge in [0.05, 0.1) is 0 Å². The Morgan fingerprint density at radius 3 is 0.806 bits per heavy atom. The summed E-state index contributed by atoms with van der Waals surface area (Å²) in [6, 6.07) is 0. The SMILES string of the molecule is CCCCC/C=C\C/C=C\C/C=C\CCCCCCCCC(=O)OCC(COC(=O)CCCCCCCCCCCCCCCCCC)OC(=O)CCCCCCCC/C=C\C/C=C\C/C=C\CCCCC. The number of rotatable bonds is 56. The molecule has 0 fully saturated rings. The van der Waals surface area contributed by atoms with Crippen LogP contribution in [0.2, 0.25) is 0 Å². The van der Waals surface area contributed by atoms with Crippen LogP contribution in [0.1, 0.15) is 310 Å². The van der Waals surface area contributed by atoms with E-state index in [0.29, 0.717) is 19.3 Å². The number of carbonyl (C=O) groups excluding carboxylic acids is 3. The summed E-state index contributed by atoms with van der Waals surface area (Å²) in [4.78, 5) is 38.3. The minimum atomic E-state index is -0.788. The van der Waals surface area contributed by atoms with Crippen molar-refractivity contribution in [2.24, 2.45) is 0 Å². The first-order valence-electron chi connectivity index (χ1n) is 30.9. The molecule has 6 heteroatoms. The lowest BCUT2D eigenvalue weighted by Crippen LogP contribution is -2.30. The Balaban J connectivity index is 4.42. The van der Waals surface area contributed by atoms with Crippen LogP contribution in [0.5, 0.6) is 0 Å². The van der Waals surface area contributed by atoms with E-state index in [1.54, 1.807) is 0 Å². The average Bonchev–Trinajstić information content (AvgIpc) is 3.38. The standard InChI is InChI=1S/C66H116O6/c1-4-7-10-13-16-19-22-25-28-31-33-35-38-41-44-47-50-53-56-59-65(68)71-62-63(61-70-64(67)58-55-52-49-46-43-40-37-30-27-24-21-18-15-12-9-6-3)72-66(69)60-57-54-51-48-45-42-39-36-34-32-29-26-23-20-17-14-11-8-5-2/h16-17,19-20,25-26,28-29,33-36,63H,4-15,18,21-24,27,30-32,37-62H2,1-3H3/b19-16-,20-17-,28-25-,29-26-,35-33-,36-34-. The molecule has 0 N–H and O–H groups in total. The van der Waals surface area contributed by atoms with E-state index in [9.17, 15) is 14.4 Å². The molecule has 0 aromatic rings. The van der Waals surface area contributed by atoms with E-state index in [-0.39, 0.29) is 31.1 Å². The van der Waals surface area contributed by atoms with Gasteiger partial charge in [0.25, 0.3) is 0 Å². The lowest BCUT2D eigenvalue weighted by Gasteiger charge is -2.18. The smallest absolute Gasteiger partial charge is 0.306 e. The topological polar surface area (TPSA) is 78.9 Å². The second kappa shape index (κ2) is 60.4. The van der Waals surface area contributed by atoms with Crippen molar-refractivity contribution >= 4 is 17.9 Å². The Morgan fingerprint density at radius 2 is 0.500 bits per heavy atom. The minimum Gasteiger partial charge on any atom is -0.462 e. The van der Waals surface area contributed by atoms with Crippen LogP contribution in [-0.4, -0.2) is 37.2 Å². The largest absolute Gasteiger partial charge is 0.462 e. The van der Waals surface area contributed by atoms with Crippen molar-refractivity contribution in [2.45, 2.75) is 316 Å².